The summed E-state index contributed by atoms with van der Waals surface area (Å²) in [7, 11) is 0. The monoisotopic (exact) mass is 1310 g/mol. The van der Waals surface area contributed by atoms with Crippen molar-refractivity contribution in [1.82, 2.24) is 0 Å². The first kappa shape index (κ1) is 82.3. The Bertz CT molecular complexity index is 1840. The number of unbranched alkanes of at least 4 members (excludes halogenated alkanes) is 51. The molecule has 0 atom stereocenters. The summed E-state index contributed by atoms with van der Waals surface area (Å²) in [5, 5.41) is 0. The number of hydrogen-bond acceptors (Lipinski definition) is 0. The Kier molecular flexibility index (Phi) is 59.8. The molecule has 1 heterocycles. The van der Waals surface area contributed by atoms with Crippen LogP contribution in [0.5, 0.6) is 0 Å². The first-order valence-electron chi connectivity index (χ1n) is 40.1. The number of hydrogen-bond donors (Lipinski definition) is 0. The molecule has 0 amide bonds. The zero-order valence-electron chi connectivity index (χ0n) is 60.4. The van der Waals surface area contributed by atoms with Crippen LogP contribution in [0.15, 0.2) is 59.7 Å². The average Bonchev–Trinajstić information content (AvgIpc) is 1.72. The second-order valence-electron chi connectivity index (χ2n) is 27.9. The molecule has 0 fully saturated rings. The zero-order valence-corrected chi connectivity index (χ0v) is 61.9. The van der Waals surface area contributed by atoms with Crippen LogP contribution in [-0.2, 0) is 30.8 Å². The summed E-state index contributed by atoms with van der Waals surface area (Å²) >= 11 is 1.06. The van der Waals surface area contributed by atoms with E-state index in [1.54, 1.807) is 14.5 Å². The Morgan fingerprint density at radius 3 is 0.727 bits per heavy atom. The van der Waals surface area contributed by atoms with E-state index < -0.39 is 0 Å². The van der Waals surface area contributed by atoms with E-state index in [1.165, 1.54) is 369 Å². The third-order valence-corrected chi connectivity index (χ3v) is 21.6. The van der Waals surface area contributed by atoms with Gasteiger partial charge in [0.15, 0.2) is 0 Å². The van der Waals surface area contributed by atoms with E-state index in [0.717, 1.165) is 85.4 Å². The van der Waals surface area contributed by atoms with Gasteiger partial charge in [-0.1, -0.05) is 265 Å². The second-order valence-corrected chi connectivity index (χ2v) is 30.2. The summed E-state index contributed by atoms with van der Waals surface area (Å²) in [6.45, 7) is 13.6. The molecule has 0 bridgehead atoms. The maximum absolute atomic E-state index is 11.8. The number of aryl methyl sites for hydroxylation is 2. The standard InChI is InChI=1S/C33H46N2.2C26H53.Pd/c1-5-9-13-23-31-30(22-12-8-4)32(28-20-14-18-26(24-28)16-10-6-2)35(34)33(31)29-21-15-19-27(25-29)17-11-7-3;2*1-3-5-7-9-11-13-15-17-19-21-23-25-26-24-22-20-18-16-14-12-10-8-6-4-2;/h14-15,18-21,24-25H,5-13,16-17,22-23H2,1-4H3;2*1,3-26H2,2H3;. The summed E-state index contributed by atoms with van der Waals surface area (Å²) in [5.41, 5.74) is 21.6. The van der Waals surface area contributed by atoms with Gasteiger partial charge in [0.1, 0.15) is 0 Å². The third kappa shape index (κ3) is 45.5. The summed E-state index contributed by atoms with van der Waals surface area (Å²) in [6, 6.07) is 17.8. The predicted octanol–water partition coefficient (Wildman–Crippen LogP) is 31.0. The molecule has 2 aromatic carbocycles. The summed E-state index contributed by atoms with van der Waals surface area (Å²) < 4.78 is 1.55. The Morgan fingerprint density at radius 2 is 0.466 bits per heavy atom. The van der Waals surface area contributed by atoms with E-state index in [-0.39, 0.29) is 0 Å². The van der Waals surface area contributed by atoms with Crippen LogP contribution in [0.3, 0.4) is 0 Å². The van der Waals surface area contributed by atoms with Crippen LogP contribution < -0.4 is 0 Å². The van der Waals surface area contributed by atoms with Crippen LogP contribution in [0, 0.1) is 0 Å². The molecule has 0 aromatic heterocycles. The van der Waals surface area contributed by atoms with Gasteiger partial charge in [-0.3, -0.25) is 0 Å². The van der Waals surface area contributed by atoms with Crippen molar-refractivity contribution in [3.05, 3.63) is 87.5 Å². The van der Waals surface area contributed by atoms with Gasteiger partial charge in [0, 0.05) is 22.3 Å². The molecule has 0 spiro atoms. The summed E-state index contributed by atoms with van der Waals surface area (Å²) in [5.74, 6) is 0. The minimum Gasteiger partial charge on any atom is -0.0654 e. The molecule has 0 saturated heterocycles. The summed E-state index contributed by atoms with van der Waals surface area (Å²) in [6.07, 6.45) is 86.4. The van der Waals surface area contributed by atoms with Crippen molar-refractivity contribution in [2.45, 2.75) is 443 Å². The third-order valence-electron chi connectivity index (χ3n) is 19.4. The smallest absolute Gasteiger partial charge is 0.0654 e. The molecule has 512 valence electrons. The molecule has 2 nitrogen and oxygen atoms in total. The van der Waals surface area contributed by atoms with Gasteiger partial charge in [-0.25, -0.2) is 4.70 Å². The van der Waals surface area contributed by atoms with Gasteiger partial charge in [-0.15, -0.1) is 0 Å². The molecular weight excluding hydrogens is 1160 g/mol. The molecule has 0 radical (unpaired) electrons. The van der Waals surface area contributed by atoms with E-state index in [0.29, 0.717) is 0 Å². The van der Waals surface area contributed by atoms with E-state index in [2.05, 4.69) is 90.1 Å². The number of nitrogens with zero attached hydrogens (tertiary/aromatic N) is 2. The van der Waals surface area contributed by atoms with Gasteiger partial charge in [0.2, 0.25) is 11.4 Å². The van der Waals surface area contributed by atoms with Crippen molar-refractivity contribution in [2.24, 2.45) is 0 Å². The normalized spacial score (nSPS) is 12.6. The SMILES string of the molecule is CCCCCC1=C(c2cccc(CCCC)c2)[N+](=[N-])C(c2cccc(CCCC)c2)=C1CCCC.CCCCCCCCCCCCCCCCCCCCCCCCC[CH2][Pd][CH2]CCCCCCCCCCCCCCCCCCCCCCCCC. The van der Waals surface area contributed by atoms with Crippen molar-refractivity contribution < 1.29 is 22.7 Å². The van der Waals surface area contributed by atoms with Crippen LogP contribution in [0.1, 0.15) is 443 Å². The first-order valence-corrected chi connectivity index (χ1v) is 42.3. The van der Waals surface area contributed by atoms with Gasteiger partial charge < -0.3 is 5.53 Å². The van der Waals surface area contributed by atoms with Crippen LogP contribution in [0.25, 0.3) is 16.9 Å². The van der Waals surface area contributed by atoms with Gasteiger partial charge in [-0.05, 0) is 86.8 Å². The van der Waals surface area contributed by atoms with Crippen molar-refractivity contribution in [3.8, 4) is 0 Å². The van der Waals surface area contributed by atoms with E-state index in [1.807, 2.05) is 0 Å². The minimum atomic E-state index is 1.01. The minimum absolute atomic E-state index is 1.01. The molecule has 0 saturated carbocycles. The number of rotatable bonds is 65. The molecular formula is C85H152N2Pd. The Labute approximate surface area is 560 Å². The van der Waals surface area contributed by atoms with Crippen LogP contribution in [0.4, 0.5) is 0 Å². The second kappa shape index (κ2) is 63.9. The molecule has 2 aromatic rings. The Morgan fingerprint density at radius 1 is 0.250 bits per heavy atom. The van der Waals surface area contributed by atoms with E-state index >= 15 is 0 Å². The van der Waals surface area contributed by atoms with Crippen molar-refractivity contribution in [3.63, 3.8) is 0 Å². The van der Waals surface area contributed by atoms with Crippen LogP contribution >= 0.6 is 0 Å². The van der Waals surface area contributed by atoms with Crippen LogP contribution in [0.2, 0.25) is 9.79 Å². The van der Waals surface area contributed by atoms with Crippen molar-refractivity contribution in [1.29, 1.82) is 0 Å². The Balaban J connectivity index is 0.000000648. The fourth-order valence-corrected chi connectivity index (χ4v) is 15.5. The predicted molar refractivity (Wildman–Crippen MR) is 394 cm³/mol. The molecule has 0 aliphatic carbocycles. The average molecular weight is 1310 g/mol. The van der Waals surface area contributed by atoms with Gasteiger partial charge in [0.25, 0.3) is 0 Å². The fraction of sp³-hybridized carbons (Fsp3) is 0.812. The maximum atomic E-state index is 11.8. The molecule has 1 aliphatic heterocycles. The van der Waals surface area contributed by atoms with Crippen molar-refractivity contribution >= 4 is 11.4 Å². The quantitative estimate of drug-likeness (QED) is 0.0358. The molecule has 3 heteroatoms. The number of benzene rings is 2. The molecule has 0 N–H and O–H groups in total. The molecule has 0 unspecified atom stereocenters. The topological polar surface area (TPSA) is 25.3 Å². The van der Waals surface area contributed by atoms with E-state index in [9.17, 15) is 5.53 Å². The van der Waals surface area contributed by atoms with Crippen LogP contribution in [-0.4, -0.2) is 4.70 Å². The van der Waals surface area contributed by atoms with Gasteiger partial charge in [-0.2, -0.15) is 0 Å². The van der Waals surface area contributed by atoms with Crippen molar-refractivity contribution in [2.75, 3.05) is 0 Å². The van der Waals surface area contributed by atoms with Gasteiger partial charge >= 0.3 is 169 Å². The molecule has 3 rings (SSSR count). The fourth-order valence-electron chi connectivity index (χ4n) is 13.5. The zero-order chi connectivity index (χ0) is 63.1. The first-order chi connectivity index (χ1) is 43.6. The summed E-state index contributed by atoms with van der Waals surface area (Å²) in [4.78, 5) is 3.10. The number of allylic oxidation sites excluding steroid dienone is 2. The molecule has 88 heavy (non-hydrogen) atoms. The Hall–Kier alpha value is -1.82. The molecule has 1 aliphatic rings. The van der Waals surface area contributed by atoms with E-state index in [4.69, 9.17) is 0 Å². The van der Waals surface area contributed by atoms with Gasteiger partial charge in [0.05, 0.1) is 0 Å².